The highest BCUT2D eigenvalue weighted by Crippen LogP contribution is 2.26. The van der Waals surface area contributed by atoms with Crippen molar-refractivity contribution < 1.29 is 9.53 Å². The Kier molecular flexibility index (Phi) is 4.89. The first kappa shape index (κ1) is 16.6. The molecule has 1 amide bonds. The molecule has 0 saturated heterocycles. The number of carbonyl (C=O) groups excluding carboxylic acids is 1. The van der Waals surface area contributed by atoms with Crippen molar-refractivity contribution in [2.75, 3.05) is 5.32 Å². The van der Waals surface area contributed by atoms with Crippen LogP contribution < -0.4 is 10.1 Å². The van der Waals surface area contributed by atoms with Crippen molar-refractivity contribution >= 4 is 11.6 Å². The van der Waals surface area contributed by atoms with Crippen molar-refractivity contribution in [3.63, 3.8) is 0 Å². The average molecular weight is 323 g/mol. The second kappa shape index (κ2) is 7.08. The molecule has 0 unspecified atom stereocenters. The van der Waals surface area contributed by atoms with Crippen molar-refractivity contribution in [3.8, 4) is 5.75 Å². The Hall–Kier alpha value is -2.29. The zero-order valence-electron chi connectivity index (χ0n) is 14.7. The van der Waals surface area contributed by atoms with Crippen molar-refractivity contribution in [2.24, 2.45) is 0 Å². The Morgan fingerprint density at radius 3 is 2.58 bits per heavy atom. The maximum atomic E-state index is 12.4. The molecule has 1 atom stereocenters. The predicted molar refractivity (Wildman–Crippen MR) is 97.7 cm³/mol. The number of hydrogen-bond donors (Lipinski definition) is 1. The highest BCUT2D eigenvalue weighted by molar-refractivity contribution is 5.94. The molecule has 0 aliphatic heterocycles. The van der Waals surface area contributed by atoms with Crippen LogP contribution in [-0.4, -0.2) is 12.0 Å². The number of ether oxygens (including phenoxy) is 1. The summed E-state index contributed by atoms with van der Waals surface area (Å²) < 4.78 is 5.87. The zero-order chi connectivity index (χ0) is 17.1. The molecule has 0 saturated carbocycles. The summed E-state index contributed by atoms with van der Waals surface area (Å²) in [4.78, 5) is 12.4. The van der Waals surface area contributed by atoms with Crippen LogP contribution in [0, 0.1) is 13.8 Å². The van der Waals surface area contributed by atoms with E-state index in [9.17, 15) is 4.79 Å². The molecule has 3 heteroatoms. The number of amides is 1. The van der Waals surface area contributed by atoms with Crippen LogP contribution in [0.4, 0.5) is 5.69 Å². The molecule has 0 fully saturated rings. The van der Waals surface area contributed by atoms with E-state index in [0.29, 0.717) is 0 Å². The van der Waals surface area contributed by atoms with Gasteiger partial charge < -0.3 is 10.1 Å². The summed E-state index contributed by atoms with van der Waals surface area (Å²) in [7, 11) is 0. The van der Waals surface area contributed by atoms with Crippen LogP contribution in [0.3, 0.4) is 0 Å². The Morgan fingerprint density at radius 2 is 1.79 bits per heavy atom. The first-order chi connectivity index (χ1) is 11.5. The molecule has 3 rings (SSSR count). The minimum atomic E-state index is -0.536. The fourth-order valence-corrected chi connectivity index (χ4v) is 3.15. The molecule has 3 nitrogen and oxygen atoms in total. The van der Waals surface area contributed by atoms with Gasteiger partial charge in [0.25, 0.3) is 5.91 Å². The Bertz CT molecular complexity index is 751. The number of aryl methyl sites for hydroxylation is 4. The smallest absolute Gasteiger partial charge is 0.265 e. The van der Waals surface area contributed by atoms with Crippen LogP contribution >= 0.6 is 0 Å². The van der Waals surface area contributed by atoms with Crippen LogP contribution in [0.15, 0.2) is 36.4 Å². The molecule has 0 aromatic heterocycles. The van der Waals surface area contributed by atoms with Gasteiger partial charge in [-0.15, -0.1) is 0 Å². The third-order valence-corrected chi connectivity index (χ3v) is 4.65. The Balaban J connectivity index is 1.67. The van der Waals surface area contributed by atoms with Crippen molar-refractivity contribution in [3.05, 3.63) is 58.7 Å². The molecule has 24 heavy (non-hydrogen) atoms. The first-order valence-electron chi connectivity index (χ1n) is 8.69. The van der Waals surface area contributed by atoms with E-state index < -0.39 is 6.10 Å². The number of anilines is 1. The van der Waals surface area contributed by atoms with E-state index in [1.54, 1.807) is 6.92 Å². The first-order valence-corrected chi connectivity index (χ1v) is 8.69. The van der Waals surface area contributed by atoms with Crippen LogP contribution in [0.1, 0.15) is 42.0 Å². The standard InChI is InChI=1S/C21H25NO2/c1-14-8-9-15(2)20(12-14)22-21(23)16(3)24-19-11-10-17-6-4-5-7-18(17)13-19/h8-13,16H,4-7H2,1-3H3,(H,22,23)/t16-/m1/s1. The molecule has 126 valence electrons. The molecule has 1 aliphatic carbocycles. The van der Waals surface area contributed by atoms with E-state index in [0.717, 1.165) is 35.4 Å². The summed E-state index contributed by atoms with van der Waals surface area (Å²) in [5.41, 5.74) is 5.80. The normalized spacial score (nSPS) is 14.6. The molecular formula is C21H25NO2. The maximum absolute atomic E-state index is 12.4. The van der Waals surface area contributed by atoms with Crippen molar-refractivity contribution in [2.45, 2.75) is 52.6 Å². The van der Waals surface area contributed by atoms with Gasteiger partial charge in [0.2, 0.25) is 0 Å². The minimum absolute atomic E-state index is 0.124. The van der Waals surface area contributed by atoms with Gasteiger partial charge in [0.15, 0.2) is 6.10 Å². The fraction of sp³-hybridized carbons (Fsp3) is 0.381. The van der Waals surface area contributed by atoms with Crippen molar-refractivity contribution in [1.29, 1.82) is 0 Å². The van der Waals surface area contributed by atoms with E-state index in [1.165, 1.54) is 24.0 Å². The van der Waals surface area contributed by atoms with Gasteiger partial charge in [0.1, 0.15) is 5.75 Å². The molecule has 2 aromatic rings. The van der Waals surface area contributed by atoms with Gasteiger partial charge in [-0.25, -0.2) is 0 Å². The number of benzene rings is 2. The van der Waals surface area contributed by atoms with E-state index in [-0.39, 0.29) is 5.91 Å². The molecule has 0 spiro atoms. The zero-order valence-corrected chi connectivity index (χ0v) is 14.7. The van der Waals surface area contributed by atoms with Gasteiger partial charge in [0.05, 0.1) is 0 Å². The van der Waals surface area contributed by atoms with Crippen LogP contribution in [-0.2, 0) is 17.6 Å². The molecule has 2 aromatic carbocycles. The lowest BCUT2D eigenvalue weighted by Gasteiger charge is -2.19. The highest BCUT2D eigenvalue weighted by Gasteiger charge is 2.17. The van der Waals surface area contributed by atoms with Crippen LogP contribution in [0.5, 0.6) is 5.75 Å². The summed E-state index contributed by atoms with van der Waals surface area (Å²) >= 11 is 0. The minimum Gasteiger partial charge on any atom is -0.481 e. The van der Waals surface area contributed by atoms with E-state index in [1.807, 2.05) is 38.1 Å². The van der Waals surface area contributed by atoms with Crippen molar-refractivity contribution in [1.82, 2.24) is 0 Å². The largest absolute Gasteiger partial charge is 0.481 e. The second-order valence-corrected chi connectivity index (χ2v) is 6.71. The summed E-state index contributed by atoms with van der Waals surface area (Å²) in [6.45, 7) is 5.80. The number of nitrogens with one attached hydrogen (secondary N) is 1. The van der Waals surface area contributed by atoms with Gasteiger partial charge in [-0.1, -0.05) is 18.2 Å². The van der Waals surface area contributed by atoms with Gasteiger partial charge in [-0.2, -0.15) is 0 Å². The lowest BCUT2D eigenvalue weighted by Crippen LogP contribution is -2.30. The van der Waals surface area contributed by atoms with E-state index >= 15 is 0 Å². The monoisotopic (exact) mass is 323 g/mol. The molecule has 0 radical (unpaired) electrons. The van der Waals surface area contributed by atoms with Crippen LogP contribution in [0.2, 0.25) is 0 Å². The second-order valence-electron chi connectivity index (χ2n) is 6.71. The molecule has 0 bridgehead atoms. The van der Waals surface area contributed by atoms with Gasteiger partial charge in [0, 0.05) is 5.69 Å². The topological polar surface area (TPSA) is 38.3 Å². The van der Waals surface area contributed by atoms with Gasteiger partial charge in [-0.05, 0) is 86.9 Å². The summed E-state index contributed by atoms with van der Waals surface area (Å²) in [5.74, 6) is 0.653. The third kappa shape index (κ3) is 3.78. The van der Waals surface area contributed by atoms with Gasteiger partial charge >= 0.3 is 0 Å². The molecule has 1 N–H and O–H groups in total. The fourth-order valence-electron chi connectivity index (χ4n) is 3.15. The molecule has 0 heterocycles. The predicted octanol–water partition coefficient (Wildman–Crippen LogP) is 4.59. The number of rotatable bonds is 4. The third-order valence-electron chi connectivity index (χ3n) is 4.65. The maximum Gasteiger partial charge on any atom is 0.265 e. The van der Waals surface area contributed by atoms with E-state index in [4.69, 9.17) is 4.74 Å². The number of carbonyl (C=O) groups is 1. The lowest BCUT2D eigenvalue weighted by molar-refractivity contribution is -0.122. The summed E-state index contributed by atoms with van der Waals surface area (Å²) in [5, 5.41) is 2.97. The Morgan fingerprint density at radius 1 is 1.04 bits per heavy atom. The lowest BCUT2D eigenvalue weighted by atomic mass is 9.92. The highest BCUT2D eigenvalue weighted by atomic mass is 16.5. The summed E-state index contributed by atoms with van der Waals surface area (Å²) in [6.07, 6.45) is 4.22. The molecular weight excluding hydrogens is 298 g/mol. The summed E-state index contributed by atoms with van der Waals surface area (Å²) in [6, 6.07) is 12.2. The Labute approximate surface area is 144 Å². The number of hydrogen-bond acceptors (Lipinski definition) is 2. The SMILES string of the molecule is Cc1ccc(C)c(NC(=O)[C@@H](C)Oc2ccc3c(c2)CCCC3)c1. The number of fused-ring (bicyclic) bond motifs is 1. The van der Waals surface area contributed by atoms with Crippen LogP contribution in [0.25, 0.3) is 0 Å². The van der Waals surface area contributed by atoms with Gasteiger partial charge in [-0.3, -0.25) is 4.79 Å². The van der Waals surface area contributed by atoms with E-state index in [2.05, 4.69) is 17.4 Å². The molecule has 1 aliphatic rings. The average Bonchev–Trinajstić information content (AvgIpc) is 2.58. The quantitative estimate of drug-likeness (QED) is 0.894.